The normalized spacial score (nSPS) is 20.8. The van der Waals surface area contributed by atoms with Crippen molar-refractivity contribution < 1.29 is 14.0 Å². The first-order valence-corrected chi connectivity index (χ1v) is 13.7. The standard InChI is InChI=1S/C29H34O3Si/c1-28(2,3)33(25-15-9-5-10-16-25,26-17-11-6-12-18-26)32-23-29(22-30)20-19-27(29)31-21-24-13-7-4-8-14-24/h4-18,22,27H,19-21,23H2,1-3H3. The van der Waals surface area contributed by atoms with Crippen LogP contribution in [-0.4, -0.2) is 27.3 Å². The van der Waals surface area contributed by atoms with Crippen LogP contribution < -0.4 is 10.4 Å². The molecule has 0 aliphatic heterocycles. The van der Waals surface area contributed by atoms with Crippen molar-refractivity contribution in [2.45, 2.75) is 51.4 Å². The van der Waals surface area contributed by atoms with Crippen molar-refractivity contribution in [1.82, 2.24) is 0 Å². The zero-order valence-corrected chi connectivity index (χ0v) is 20.9. The van der Waals surface area contributed by atoms with Gasteiger partial charge in [0.1, 0.15) is 6.29 Å². The number of carbonyl (C=O) groups excluding carboxylic acids is 1. The van der Waals surface area contributed by atoms with E-state index < -0.39 is 13.7 Å². The zero-order chi connectivity index (χ0) is 23.4. The number of aldehydes is 1. The minimum absolute atomic E-state index is 0.117. The van der Waals surface area contributed by atoms with Gasteiger partial charge in [0.15, 0.2) is 0 Å². The van der Waals surface area contributed by atoms with Gasteiger partial charge in [-0.2, -0.15) is 0 Å². The Morgan fingerprint density at radius 1 is 0.879 bits per heavy atom. The van der Waals surface area contributed by atoms with E-state index >= 15 is 0 Å². The second kappa shape index (κ2) is 9.76. The Balaban J connectivity index is 1.63. The molecule has 0 spiro atoms. The molecule has 0 N–H and O–H groups in total. The lowest BCUT2D eigenvalue weighted by Crippen LogP contribution is -2.68. The van der Waals surface area contributed by atoms with Crippen molar-refractivity contribution in [1.29, 1.82) is 0 Å². The molecule has 172 valence electrons. The Morgan fingerprint density at radius 3 is 1.82 bits per heavy atom. The van der Waals surface area contributed by atoms with Crippen molar-refractivity contribution in [3.8, 4) is 0 Å². The molecule has 3 aromatic carbocycles. The quantitative estimate of drug-likeness (QED) is 0.329. The van der Waals surface area contributed by atoms with Gasteiger partial charge >= 0.3 is 0 Å². The second-order valence-electron chi connectivity index (χ2n) is 10.1. The fourth-order valence-corrected chi connectivity index (χ4v) is 9.63. The van der Waals surface area contributed by atoms with E-state index in [-0.39, 0.29) is 11.1 Å². The molecule has 2 unspecified atom stereocenters. The highest BCUT2D eigenvalue weighted by atomic mass is 28.4. The topological polar surface area (TPSA) is 35.5 Å². The molecular weight excluding hydrogens is 424 g/mol. The molecule has 1 aliphatic rings. The van der Waals surface area contributed by atoms with Crippen molar-refractivity contribution in [2.24, 2.45) is 5.41 Å². The van der Waals surface area contributed by atoms with Crippen LogP contribution in [0.25, 0.3) is 0 Å². The third-order valence-corrected chi connectivity index (χ3v) is 12.0. The van der Waals surface area contributed by atoms with Crippen LogP contribution in [0, 0.1) is 5.41 Å². The second-order valence-corrected chi connectivity index (χ2v) is 14.4. The van der Waals surface area contributed by atoms with Gasteiger partial charge in [-0.25, -0.2) is 0 Å². The molecule has 4 rings (SSSR count). The Kier molecular flexibility index (Phi) is 6.98. The van der Waals surface area contributed by atoms with Crippen molar-refractivity contribution in [3.05, 3.63) is 96.6 Å². The van der Waals surface area contributed by atoms with E-state index in [4.69, 9.17) is 9.16 Å². The van der Waals surface area contributed by atoms with E-state index in [0.29, 0.717) is 13.2 Å². The van der Waals surface area contributed by atoms with Gasteiger partial charge in [-0.1, -0.05) is 112 Å². The van der Waals surface area contributed by atoms with E-state index in [2.05, 4.69) is 81.4 Å². The fourth-order valence-electron chi connectivity index (χ4n) is 4.99. The summed E-state index contributed by atoms with van der Waals surface area (Å²) in [6, 6.07) is 31.3. The summed E-state index contributed by atoms with van der Waals surface area (Å²) in [5.41, 5.74) is 0.527. The van der Waals surface area contributed by atoms with Gasteiger partial charge in [-0.15, -0.1) is 0 Å². The highest BCUT2D eigenvalue weighted by Gasteiger charge is 2.54. The number of ether oxygens (including phenoxy) is 1. The first kappa shape index (κ1) is 23.6. The SMILES string of the molecule is CC(C)(C)[Si](OCC1(C=O)CCC1OCc1ccccc1)(c1ccccc1)c1ccccc1. The van der Waals surface area contributed by atoms with E-state index in [9.17, 15) is 4.79 Å². The van der Waals surface area contributed by atoms with E-state index in [1.165, 1.54) is 10.4 Å². The van der Waals surface area contributed by atoms with E-state index in [0.717, 1.165) is 24.7 Å². The molecule has 0 aromatic heterocycles. The average molecular weight is 459 g/mol. The van der Waals surface area contributed by atoms with Crippen molar-refractivity contribution >= 4 is 25.0 Å². The maximum absolute atomic E-state index is 12.4. The van der Waals surface area contributed by atoms with Crippen LogP contribution in [-0.2, 0) is 20.6 Å². The summed E-state index contributed by atoms with van der Waals surface area (Å²) in [5.74, 6) is 0. The lowest BCUT2D eigenvalue weighted by molar-refractivity contribution is -0.154. The van der Waals surface area contributed by atoms with Gasteiger partial charge in [0, 0.05) is 6.61 Å². The van der Waals surface area contributed by atoms with Gasteiger partial charge in [-0.3, -0.25) is 0 Å². The predicted molar refractivity (Wildman–Crippen MR) is 136 cm³/mol. The average Bonchev–Trinajstić information content (AvgIpc) is 2.82. The number of hydrogen-bond donors (Lipinski definition) is 0. The zero-order valence-electron chi connectivity index (χ0n) is 19.9. The highest BCUT2D eigenvalue weighted by molar-refractivity contribution is 6.99. The van der Waals surface area contributed by atoms with Crippen LogP contribution in [0.1, 0.15) is 39.2 Å². The van der Waals surface area contributed by atoms with Gasteiger partial charge in [0.2, 0.25) is 0 Å². The molecule has 0 bridgehead atoms. The summed E-state index contributed by atoms with van der Waals surface area (Å²) >= 11 is 0. The number of benzene rings is 3. The summed E-state index contributed by atoms with van der Waals surface area (Å²) < 4.78 is 13.3. The largest absolute Gasteiger partial charge is 0.406 e. The molecule has 1 aliphatic carbocycles. The highest BCUT2D eigenvalue weighted by Crippen LogP contribution is 2.45. The lowest BCUT2D eigenvalue weighted by Gasteiger charge is -2.49. The summed E-state index contributed by atoms with van der Waals surface area (Å²) in [6.45, 7) is 7.68. The predicted octanol–water partition coefficient (Wildman–Crippen LogP) is 5.13. The Hall–Kier alpha value is -2.53. The fraction of sp³-hybridized carbons (Fsp3) is 0.345. The van der Waals surface area contributed by atoms with Crippen LogP contribution in [0.15, 0.2) is 91.0 Å². The minimum Gasteiger partial charge on any atom is -0.406 e. The number of rotatable bonds is 9. The third-order valence-electron chi connectivity index (χ3n) is 7.02. The summed E-state index contributed by atoms with van der Waals surface area (Å²) in [7, 11) is -2.69. The monoisotopic (exact) mass is 458 g/mol. The third kappa shape index (κ3) is 4.61. The summed E-state index contributed by atoms with van der Waals surface area (Å²) in [5, 5.41) is 2.33. The van der Waals surface area contributed by atoms with Gasteiger partial charge in [0.05, 0.1) is 18.1 Å². The van der Waals surface area contributed by atoms with Crippen molar-refractivity contribution in [3.63, 3.8) is 0 Å². The molecule has 3 aromatic rings. The number of carbonyl (C=O) groups is 1. The first-order chi connectivity index (χ1) is 15.9. The molecule has 0 amide bonds. The molecule has 0 saturated heterocycles. The molecule has 0 radical (unpaired) electrons. The maximum Gasteiger partial charge on any atom is 0.261 e. The van der Waals surface area contributed by atoms with Crippen LogP contribution in [0.5, 0.6) is 0 Å². The molecule has 4 heteroatoms. The molecular formula is C29H34O3Si. The molecule has 0 heterocycles. The minimum atomic E-state index is -2.69. The van der Waals surface area contributed by atoms with Crippen LogP contribution >= 0.6 is 0 Å². The molecule has 1 fully saturated rings. The van der Waals surface area contributed by atoms with E-state index in [1.54, 1.807) is 0 Å². The molecule has 33 heavy (non-hydrogen) atoms. The Bertz CT molecular complexity index is 991. The lowest BCUT2D eigenvalue weighted by atomic mass is 9.67. The first-order valence-electron chi connectivity index (χ1n) is 11.8. The van der Waals surface area contributed by atoms with Crippen LogP contribution in [0.3, 0.4) is 0 Å². The molecule has 1 saturated carbocycles. The Labute approximate surface area is 198 Å². The van der Waals surface area contributed by atoms with Crippen LogP contribution in [0.2, 0.25) is 5.04 Å². The van der Waals surface area contributed by atoms with Gasteiger partial charge in [-0.05, 0) is 33.8 Å². The Morgan fingerprint density at radius 2 is 1.39 bits per heavy atom. The molecule has 3 nitrogen and oxygen atoms in total. The smallest absolute Gasteiger partial charge is 0.261 e. The van der Waals surface area contributed by atoms with Gasteiger partial charge in [0.25, 0.3) is 8.32 Å². The van der Waals surface area contributed by atoms with Gasteiger partial charge < -0.3 is 14.0 Å². The van der Waals surface area contributed by atoms with Crippen LogP contribution in [0.4, 0.5) is 0 Å². The summed E-state index contributed by atoms with van der Waals surface area (Å²) in [4.78, 5) is 12.4. The van der Waals surface area contributed by atoms with Crippen molar-refractivity contribution in [2.75, 3.05) is 6.61 Å². The summed E-state index contributed by atoms with van der Waals surface area (Å²) in [6.07, 6.45) is 2.65. The maximum atomic E-state index is 12.4. The van der Waals surface area contributed by atoms with E-state index in [1.807, 2.05) is 30.3 Å². The number of hydrogen-bond acceptors (Lipinski definition) is 3. The molecule has 2 atom stereocenters.